The van der Waals surface area contributed by atoms with Crippen LogP contribution in [-0.4, -0.2) is 35.3 Å². The van der Waals surface area contributed by atoms with Crippen LogP contribution in [0.15, 0.2) is 12.1 Å². The van der Waals surface area contributed by atoms with E-state index in [1.54, 1.807) is 7.05 Å². The number of nitrogens with one attached hydrogen (secondary N) is 1. The molecule has 0 spiro atoms. The number of carbonyl (C=O) groups is 2. The summed E-state index contributed by atoms with van der Waals surface area (Å²) in [6, 6.07) is 3.95. The topological polar surface area (TPSA) is 88.3 Å². The van der Waals surface area contributed by atoms with Crippen LogP contribution in [0.5, 0.6) is 0 Å². The van der Waals surface area contributed by atoms with Crippen LogP contribution in [0.3, 0.4) is 0 Å². The summed E-state index contributed by atoms with van der Waals surface area (Å²) < 4.78 is 0. The Morgan fingerprint density at radius 3 is 2.71 bits per heavy atom. The van der Waals surface area contributed by atoms with Gasteiger partial charge in [0.25, 0.3) is 5.91 Å². The minimum atomic E-state index is -0.187. The number of nitrogen functional groups attached to an aromatic ring is 1. The number of hydrogen-bond acceptors (Lipinski definition) is 5. The molecule has 0 bridgehead atoms. The molecule has 6 nitrogen and oxygen atoms in total. The summed E-state index contributed by atoms with van der Waals surface area (Å²) in [6.45, 7) is 0.812. The van der Waals surface area contributed by atoms with E-state index in [2.05, 4.69) is 5.32 Å². The molecule has 150 valence electrons. The molecular formula is C21H28N4O2S. The first kappa shape index (κ1) is 19.2. The first-order chi connectivity index (χ1) is 13.6. The van der Waals surface area contributed by atoms with Crippen molar-refractivity contribution in [3.05, 3.63) is 22.7 Å². The molecule has 0 aromatic carbocycles. The van der Waals surface area contributed by atoms with E-state index >= 15 is 0 Å². The minimum Gasteiger partial charge on any atom is -0.397 e. The van der Waals surface area contributed by atoms with Crippen LogP contribution >= 0.6 is 11.3 Å². The van der Waals surface area contributed by atoms with E-state index in [0.717, 1.165) is 41.7 Å². The van der Waals surface area contributed by atoms with Crippen molar-refractivity contribution in [2.75, 3.05) is 19.3 Å². The molecule has 28 heavy (non-hydrogen) atoms. The first-order valence-corrected chi connectivity index (χ1v) is 11.1. The molecule has 2 aromatic heterocycles. The van der Waals surface area contributed by atoms with Crippen LogP contribution in [0.1, 0.15) is 72.8 Å². The normalized spacial score (nSPS) is 20.6. The van der Waals surface area contributed by atoms with E-state index in [9.17, 15) is 9.59 Å². The van der Waals surface area contributed by atoms with Crippen LogP contribution < -0.4 is 11.1 Å². The average molecular weight is 401 g/mol. The van der Waals surface area contributed by atoms with Crippen molar-refractivity contribution in [3.8, 4) is 0 Å². The largest absolute Gasteiger partial charge is 0.397 e. The van der Waals surface area contributed by atoms with Crippen LogP contribution in [0, 0.1) is 5.92 Å². The predicted molar refractivity (Wildman–Crippen MR) is 112 cm³/mol. The SMILES string of the molecule is CNC(=O)c1sc2nc([C@@H]3CCCCN3C(=O)CC3CCCC3)ccc2c1N. The monoisotopic (exact) mass is 400 g/mol. The Labute approximate surface area is 169 Å². The van der Waals surface area contributed by atoms with Gasteiger partial charge in [0.1, 0.15) is 9.71 Å². The van der Waals surface area contributed by atoms with Crippen molar-refractivity contribution in [1.29, 1.82) is 0 Å². The maximum Gasteiger partial charge on any atom is 0.263 e. The number of piperidine rings is 1. The van der Waals surface area contributed by atoms with Gasteiger partial charge in [-0.1, -0.05) is 12.8 Å². The Morgan fingerprint density at radius 2 is 1.96 bits per heavy atom. The Kier molecular flexibility index (Phi) is 5.53. The second-order valence-electron chi connectivity index (χ2n) is 7.97. The standard InChI is InChI=1S/C21H28N4O2S/c1-23-20(27)19-18(22)14-9-10-15(24-21(14)28-19)16-8-4-5-11-25(16)17(26)12-13-6-2-3-7-13/h9-10,13,16H,2-8,11-12,22H2,1H3,(H,23,27)/t16-/m0/s1. The summed E-state index contributed by atoms with van der Waals surface area (Å²) in [5, 5.41) is 3.44. The third-order valence-electron chi connectivity index (χ3n) is 6.15. The van der Waals surface area contributed by atoms with Crippen LogP contribution in [0.4, 0.5) is 5.69 Å². The number of nitrogens with zero attached hydrogens (tertiary/aromatic N) is 2. The van der Waals surface area contributed by atoms with E-state index in [1.807, 2.05) is 17.0 Å². The fraction of sp³-hybridized carbons (Fsp3) is 0.571. The molecule has 0 unspecified atom stereocenters. The zero-order valence-corrected chi connectivity index (χ0v) is 17.2. The maximum absolute atomic E-state index is 13.0. The summed E-state index contributed by atoms with van der Waals surface area (Å²) in [4.78, 5) is 33.2. The number of carbonyl (C=O) groups excluding carboxylic acids is 2. The van der Waals surface area contributed by atoms with E-state index in [-0.39, 0.29) is 17.9 Å². The average Bonchev–Trinajstić information content (AvgIpc) is 3.35. The Balaban J connectivity index is 1.60. The van der Waals surface area contributed by atoms with Crippen molar-refractivity contribution in [3.63, 3.8) is 0 Å². The lowest BCUT2D eigenvalue weighted by Gasteiger charge is -2.36. The zero-order chi connectivity index (χ0) is 19.7. The van der Waals surface area contributed by atoms with Crippen molar-refractivity contribution in [2.45, 2.75) is 57.4 Å². The van der Waals surface area contributed by atoms with Crippen molar-refractivity contribution >= 4 is 39.1 Å². The number of thiophene rings is 1. The van der Waals surface area contributed by atoms with Gasteiger partial charge < -0.3 is 16.0 Å². The van der Waals surface area contributed by atoms with Crippen LogP contribution in [-0.2, 0) is 4.79 Å². The van der Waals surface area contributed by atoms with Crippen LogP contribution in [0.25, 0.3) is 10.2 Å². The number of anilines is 1. The van der Waals surface area contributed by atoms with Gasteiger partial charge in [0.2, 0.25) is 5.91 Å². The van der Waals surface area contributed by atoms with Gasteiger partial charge in [-0.3, -0.25) is 9.59 Å². The molecule has 1 aliphatic heterocycles. The highest BCUT2D eigenvalue weighted by Gasteiger charge is 2.31. The maximum atomic E-state index is 13.0. The van der Waals surface area contributed by atoms with Gasteiger partial charge >= 0.3 is 0 Å². The third-order valence-corrected chi connectivity index (χ3v) is 7.27. The molecular weight excluding hydrogens is 372 g/mol. The summed E-state index contributed by atoms with van der Waals surface area (Å²) in [5.74, 6) is 0.640. The Bertz CT molecular complexity index is 888. The number of nitrogens with two attached hydrogens (primary N) is 1. The van der Waals surface area contributed by atoms with Gasteiger partial charge in [-0.15, -0.1) is 11.3 Å². The minimum absolute atomic E-state index is 0.0267. The summed E-state index contributed by atoms with van der Waals surface area (Å²) in [7, 11) is 1.60. The van der Waals surface area contributed by atoms with Gasteiger partial charge in [0.05, 0.1) is 17.4 Å². The van der Waals surface area contributed by atoms with Crippen LogP contribution in [0.2, 0.25) is 0 Å². The molecule has 1 saturated carbocycles. The highest BCUT2D eigenvalue weighted by Crippen LogP contribution is 2.37. The molecule has 1 saturated heterocycles. The highest BCUT2D eigenvalue weighted by molar-refractivity contribution is 7.21. The van der Waals surface area contributed by atoms with Crippen molar-refractivity contribution in [2.24, 2.45) is 5.92 Å². The second-order valence-corrected chi connectivity index (χ2v) is 8.97. The van der Waals surface area contributed by atoms with Gasteiger partial charge in [0.15, 0.2) is 0 Å². The molecule has 4 rings (SSSR count). The fourth-order valence-corrected chi connectivity index (χ4v) is 5.64. The molecule has 3 heterocycles. The number of rotatable bonds is 4. The Morgan fingerprint density at radius 1 is 1.21 bits per heavy atom. The zero-order valence-electron chi connectivity index (χ0n) is 16.4. The summed E-state index contributed by atoms with van der Waals surface area (Å²) in [6.07, 6.45) is 8.66. The Hall–Kier alpha value is -2.15. The molecule has 1 atom stereocenters. The lowest BCUT2D eigenvalue weighted by molar-refractivity contribution is -0.136. The molecule has 2 amide bonds. The molecule has 1 aliphatic carbocycles. The number of aromatic nitrogens is 1. The van der Waals surface area contributed by atoms with Crippen molar-refractivity contribution in [1.82, 2.24) is 15.2 Å². The number of fused-ring (bicyclic) bond motifs is 1. The summed E-state index contributed by atoms with van der Waals surface area (Å²) >= 11 is 1.32. The number of pyridine rings is 1. The second kappa shape index (κ2) is 8.07. The van der Waals surface area contributed by atoms with E-state index in [4.69, 9.17) is 10.7 Å². The van der Waals surface area contributed by atoms with Gasteiger partial charge in [0, 0.05) is 25.4 Å². The fourth-order valence-electron chi connectivity index (χ4n) is 4.60. The molecule has 7 heteroatoms. The first-order valence-electron chi connectivity index (χ1n) is 10.3. The molecule has 0 radical (unpaired) electrons. The molecule has 2 aromatic rings. The molecule has 2 aliphatic rings. The lowest BCUT2D eigenvalue weighted by atomic mass is 9.96. The molecule has 2 fully saturated rings. The number of likely N-dealkylation sites (tertiary alicyclic amines) is 1. The lowest BCUT2D eigenvalue weighted by Crippen LogP contribution is -2.39. The van der Waals surface area contributed by atoms with Gasteiger partial charge in [-0.05, 0) is 50.2 Å². The van der Waals surface area contributed by atoms with E-state index in [0.29, 0.717) is 22.9 Å². The molecule has 3 N–H and O–H groups in total. The van der Waals surface area contributed by atoms with Crippen molar-refractivity contribution < 1.29 is 9.59 Å². The third kappa shape index (κ3) is 3.60. The van der Waals surface area contributed by atoms with E-state index < -0.39 is 0 Å². The quantitative estimate of drug-likeness (QED) is 0.815. The predicted octanol–water partition coefficient (Wildman–Crippen LogP) is 3.87. The van der Waals surface area contributed by atoms with Gasteiger partial charge in [-0.2, -0.15) is 0 Å². The van der Waals surface area contributed by atoms with E-state index in [1.165, 1.54) is 37.0 Å². The number of hydrogen-bond donors (Lipinski definition) is 2. The highest BCUT2D eigenvalue weighted by atomic mass is 32.1. The smallest absolute Gasteiger partial charge is 0.263 e. The summed E-state index contributed by atoms with van der Waals surface area (Å²) in [5.41, 5.74) is 7.55. The number of amides is 2. The van der Waals surface area contributed by atoms with Gasteiger partial charge in [-0.25, -0.2) is 4.98 Å².